The van der Waals surface area contributed by atoms with Crippen LogP contribution in [0, 0.1) is 0 Å². The highest BCUT2D eigenvalue weighted by Crippen LogP contribution is 2.34. The average Bonchev–Trinajstić information content (AvgIpc) is 3.08. The number of hydrogen-bond donors (Lipinski definition) is 1. The number of anilines is 1. The van der Waals surface area contributed by atoms with Gasteiger partial charge in [0.15, 0.2) is 0 Å². The smallest absolute Gasteiger partial charge is 0.246 e. The van der Waals surface area contributed by atoms with Crippen LogP contribution in [0.4, 0.5) is 11.4 Å². The molecule has 2 heterocycles. The maximum absolute atomic E-state index is 12.4. The minimum absolute atomic E-state index is 0.0462. The lowest BCUT2D eigenvalue weighted by Crippen LogP contribution is -2.32. The normalized spacial score (nSPS) is 14.7. The van der Waals surface area contributed by atoms with Crippen molar-refractivity contribution in [3.05, 3.63) is 54.1 Å². The van der Waals surface area contributed by atoms with Gasteiger partial charge in [0, 0.05) is 24.7 Å². The average molecular weight is 378 g/mol. The third-order valence-electron chi connectivity index (χ3n) is 4.88. The number of aliphatic imine (C=N–C) groups is 1. The number of guanidine groups is 1. The minimum atomic E-state index is -0.0462. The number of hydrogen-bond acceptors (Lipinski definition) is 5. The standard InChI is InChI=1S/C21H22N4O3/c1-24(15-7-3-2-4-8-15)20(27)11-6-12-28-18-10-5-9-17-16(18)13-25-14-19(26)23-21(25)22-17/h2-5,7-10H,6,11-14H2,1H3,(H,22,23,26). The molecular weight excluding hydrogens is 356 g/mol. The molecule has 2 aromatic carbocycles. The topological polar surface area (TPSA) is 74.2 Å². The summed E-state index contributed by atoms with van der Waals surface area (Å²) in [5.41, 5.74) is 2.66. The summed E-state index contributed by atoms with van der Waals surface area (Å²) in [4.78, 5) is 32.0. The predicted molar refractivity (Wildman–Crippen MR) is 107 cm³/mol. The summed E-state index contributed by atoms with van der Waals surface area (Å²) in [5.74, 6) is 1.36. The lowest BCUT2D eigenvalue weighted by Gasteiger charge is -2.24. The number of ether oxygens (including phenoxy) is 1. The monoisotopic (exact) mass is 378 g/mol. The first-order valence-electron chi connectivity index (χ1n) is 9.31. The van der Waals surface area contributed by atoms with E-state index < -0.39 is 0 Å². The molecule has 4 rings (SSSR count). The van der Waals surface area contributed by atoms with Crippen molar-refractivity contribution in [3.8, 4) is 5.75 Å². The van der Waals surface area contributed by atoms with Crippen LogP contribution in [0.25, 0.3) is 0 Å². The lowest BCUT2D eigenvalue weighted by molar-refractivity contribution is -0.119. The zero-order valence-electron chi connectivity index (χ0n) is 15.7. The van der Waals surface area contributed by atoms with Crippen LogP contribution in [-0.2, 0) is 16.1 Å². The molecule has 2 aromatic rings. The van der Waals surface area contributed by atoms with Crippen LogP contribution < -0.4 is 15.0 Å². The predicted octanol–water partition coefficient (Wildman–Crippen LogP) is 2.44. The van der Waals surface area contributed by atoms with Gasteiger partial charge in [-0.25, -0.2) is 4.99 Å². The lowest BCUT2D eigenvalue weighted by atomic mass is 10.1. The van der Waals surface area contributed by atoms with E-state index in [2.05, 4.69) is 10.3 Å². The van der Waals surface area contributed by atoms with Crippen molar-refractivity contribution in [1.82, 2.24) is 10.2 Å². The third-order valence-corrected chi connectivity index (χ3v) is 4.88. The molecule has 0 spiro atoms. The summed E-state index contributed by atoms with van der Waals surface area (Å²) in [6.45, 7) is 1.34. The molecule has 2 amide bonds. The van der Waals surface area contributed by atoms with E-state index in [1.165, 1.54) is 0 Å². The van der Waals surface area contributed by atoms with Crippen molar-refractivity contribution in [1.29, 1.82) is 0 Å². The van der Waals surface area contributed by atoms with E-state index >= 15 is 0 Å². The van der Waals surface area contributed by atoms with Gasteiger partial charge in [-0.1, -0.05) is 24.3 Å². The minimum Gasteiger partial charge on any atom is -0.493 e. The molecule has 0 unspecified atom stereocenters. The summed E-state index contributed by atoms with van der Waals surface area (Å²) >= 11 is 0. The number of benzene rings is 2. The zero-order valence-corrected chi connectivity index (χ0v) is 15.7. The van der Waals surface area contributed by atoms with E-state index in [1.807, 2.05) is 53.4 Å². The van der Waals surface area contributed by atoms with Crippen molar-refractivity contribution in [2.45, 2.75) is 19.4 Å². The van der Waals surface area contributed by atoms with E-state index in [0.29, 0.717) is 38.5 Å². The Morgan fingerprint density at radius 1 is 1.18 bits per heavy atom. The zero-order chi connectivity index (χ0) is 19.5. The van der Waals surface area contributed by atoms with Crippen LogP contribution in [0.5, 0.6) is 5.75 Å². The van der Waals surface area contributed by atoms with Gasteiger partial charge in [0.1, 0.15) is 12.3 Å². The molecule has 0 saturated carbocycles. The number of para-hydroxylation sites is 1. The fourth-order valence-electron chi connectivity index (χ4n) is 3.35. The van der Waals surface area contributed by atoms with E-state index in [-0.39, 0.29) is 11.8 Å². The third kappa shape index (κ3) is 3.69. The van der Waals surface area contributed by atoms with Crippen LogP contribution in [-0.4, -0.2) is 42.9 Å². The first kappa shape index (κ1) is 18.0. The molecule has 28 heavy (non-hydrogen) atoms. The van der Waals surface area contributed by atoms with Gasteiger partial charge in [-0.2, -0.15) is 0 Å². The first-order valence-corrected chi connectivity index (χ1v) is 9.31. The number of amides is 2. The number of carbonyl (C=O) groups is 2. The van der Waals surface area contributed by atoms with Gasteiger partial charge in [-0.3, -0.25) is 14.9 Å². The quantitative estimate of drug-likeness (QED) is 0.784. The number of nitrogens with zero attached hydrogens (tertiary/aromatic N) is 3. The number of nitrogens with one attached hydrogen (secondary N) is 1. The molecule has 1 N–H and O–H groups in total. The molecule has 1 saturated heterocycles. The van der Waals surface area contributed by atoms with Gasteiger partial charge in [0.05, 0.1) is 18.8 Å². The van der Waals surface area contributed by atoms with Gasteiger partial charge in [0.2, 0.25) is 17.8 Å². The van der Waals surface area contributed by atoms with E-state index in [9.17, 15) is 9.59 Å². The van der Waals surface area contributed by atoms with E-state index in [0.717, 1.165) is 22.7 Å². The van der Waals surface area contributed by atoms with Gasteiger partial charge in [-0.15, -0.1) is 0 Å². The van der Waals surface area contributed by atoms with Gasteiger partial charge in [-0.05, 0) is 30.7 Å². The van der Waals surface area contributed by atoms with Gasteiger partial charge in [0.25, 0.3) is 0 Å². The Labute approximate surface area is 163 Å². The van der Waals surface area contributed by atoms with Crippen molar-refractivity contribution in [2.75, 3.05) is 25.1 Å². The van der Waals surface area contributed by atoms with Gasteiger partial charge >= 0.3 is 0 Å². The summed E-state index contributed by atoms with van der Waals surface area (Å²) in [6, 6.07) is 15.3. The van der Waals surface area contributed by atoms with Crippen LogP contribution >= 0.6 is 0 Å². The highest BCUT2D eigenvalue weighted by molar-refractivity contribution is 6.05. The highest BCUT2D eigenvalue weighted by Gasteiger charge is 2.30. The molecule has 144 valence electrons. The largest absolute Gasteiger partial charge is 0.493 e. The molecule has 0 aliphatic carbocycles. The van der Waals surface area contributed by atoms with Gasteiger partial charge < -0.3 is 14.5 Å². The Kier molecular flexibility index (Phi) is 4.97. The first-order chi connectivity index (χ1) is 13.6. The number of rotatable bonds is 6. The van der Waals surface area contributed by atoms with E-state index in [4.69, 9.17) is 4.74 Å². The Balaban J connectivity index is 1.33. The summed E-state index contributed by atoms with van der Waals surface area (Å²) in [5, 5.41) is 2.76. The van der Waals surface area contributed by atoms with Crippen LogP contribution in [0.1, 0.15) is 18.4 Å². The van der Waals surface area contributed by atoms with Crippen LogP contribution in [0.3, 0.4) is 0 Å². The highest BCUT2D eigenvalue weighted by atomic mass is 16.5. The van der Waals surface area contributed by atoms with Crippen molar-refractivity contribution in [2.24, 2.45) is 4.99 Å². The molecular formula is C21H22N4O3. The molecule has 2 aliphatic heterocycles. The second-order valence-electron chi connectivity index (χ2n) is 6.83. The Morgan fingerprint density at radius 2 is 2.00 bits per heavy atom. The fraction of sp³-hybridized carbons (Fsp3) is 0.286. The van der Waals surface area contributed by atoms with Crippen LogP contribution in [0.15, 0.2) is 53.5 Å². The molecule has 7 heteroatoms. The molecule has 1 fully saturated rings. The number of carbonyl (C=O) groups excluding carboxylic acids is 2. The molecule has 7 nitrogen and oxygen atoms in total. The Hall–Kier alpha value is -3.35. The van der Waals surface area contributed by atoms with Crippen molar-refractivity contribution < 1.29 is 14.3 Å². The van der Waals surface area contributed by atoms with Crippen LogP contribution in [0.2, 0.25) is 0 Å². The maximum Gasteiger partial charge on any atom is 0.246 e. The van der Waals surface area contributed by atoms with E-state index in [1.54, 1.807) is 11.9 Å². The Bertz CT molecular complexity index is 927. The second kappa shape index (κ2) is 7.72. The molecule has 2 aliphatic rings. The molecule has 0 atom stereocenters. The molecule has 0 radical (unpaired) electrons. The number of fused-ring (bicyclic) bond motifs is 2. The fourth-order valence-corrected chi connectivity index (χ4v) is 3.35. The van der Waals surface area contributed by atoms with Crippen molar-refractivity contribution >= 4 is 29.1 Å². The van der Waals surface area contributed by atoms with Crippen molar-refractivity contribution in [3.63, 3.8) is 0 Å². The summed E-state index contributed by atoms with van der Waals surface area (Å²) < 4.78 is 5.94. The Morgan fingerprint density at radius 3 is 2.82 bits per heavy atom. The maximum atomic E-state index is 12.4. The SMILES string of the molecule is CN(C(=O)CCCOc1cccc2c1CN1CC(=O)NC1=N2)c1ccccc1. The molecule has 0 bridgehead atoms. The summed E-state index contributed by atoms with van der Waals surface area (Å²) in [6.07, 6.45) is 1.03. The molecule has 0 aromatic heterocycles. The summed E-state index contributed by atoms with van der Waals surface area (Å²) in [7, 11) is 1.78. The second-order valence-corrected chi connectivity index (χ2v) is 6.83.